The molecule has 0 bridgehead atoms. The molecule has 0 saturated carbocycles. The molecule has 0 spiro atoms. The van der Waals surface area contributed by atoms with Crippen LogP contribution in [0.1, 0.15) is 31.2 Å². The van der Waals surface area contributed by atoms with Crippen molar-refractivity contribution in [1.82, 2.24) is 9.97 Å². The van der Waals surface area contributed by atoms with Gasteiger partial charge in [-0.2, -0.15) is 0 Å². The van der Waals surface area contributed by atoms with Gasteiger partial charge in [0.15, 0.2) is 0 Å². The quantitative estimate of drug-likeness (QED) is 0.573. The number of rotatable bonds is 5. The highest BCUT2D eigenvalue weighted by atomic mass is 16.3. The van der Waals surface area contributed by atoms with E-state index >= 15 is 0 Å². The van der Waals surface area contributed by atoms with E-state index in [1.54, 1.807) is 6.92 Å². The van der Waals surface area contributed by atoms with Crippen LogP contribution in [-0.4, -0.2) is 33.6 Å². The van der Waals surface area contributed by atoms with Crippen molar-refractivity contribution in [3.8, 4) is 0 Å². The van der Waals surface area contributed by atoms with Gasteiger partial charge in [-0.3, -0.25) is 4.79 Å². The Morgan fingerprint density at radius 1 is 1.44 bits per heavy atom. The summed E-state index contributed by atoms with van der Waals surface area (Å²) in [5.74, 6) is 0.839. The Hall–Kier alpha value is -1.89. The van der Waals surface area contributed by atoms with Gasteiger partial charge < -0.3 is 21.9 Å². The minimum absolute atomic E-state index is 0.00976. The number of nitrogens with two attached hydrogens (primary N) is 2. The lowest BCUT2D eigenvalue weighted by atomic mass is 10.2. The molecule has 1 unspecified atom stereocenters. The second-order valence-corrected chi connectivity index (χ2v) is 4.39. The fourth-order valence-electron chi connectivity index (χ4n) is 1.28. The molecule has 0 aliphatic rings. The summed E-state index contributed by atoms with van der Waals surface area (Å²) in [6.07, 6.45) is -1.26. The van der Waals surface area contributed by atoms with E-state index < -0.39 is 12.0 Å². The van der Waals surface area contributed by atoms with E-state index in [1.165, 1.54) is 0 Å². The third-order valence-corrected chi connectivity index (χ3v) is 2.51. The molecule has 1 heterocycles. The smallest absolute Gasteiger partial charge is 0.248 e. The Kier molecular flexibility index (Phi) is 4.43. The Balaban J connectivity index is 2.91. The zero-order valence-corrected chi connectivity index (χ0v) is 10.8. The van der Waals surface area contributed by atoms with Gasteiger partial charge in [0.05, 0.1) is 6.54 Å². The van der Waals surface area contributed by atoms with Gasteiger partial charge in [0.25, 0.3) is 0 Å². The summed E-state index contributed by atoms with van der Waals surface area (Å²) >= 11 is 0. The Labute approximate surface area is 106 Å². The van der Waals surface area contributed by atoms with Crippen molar-refractivity contribution >= 4 is 17.5 Å². The molecule has 7 heteroatoms. The van der Waals surface area contributed by atoms with E-state index in [-0.39, 0.29) is 12.5 Å². The van der Waals surface area contributed by atoms with E-state index in [2.05, 4.69) is 15.3 Å². The lowest BCUT2D eigenvalue weighted by molar-refractivity contribution is -0.125. The molecule has 100 valence electrons. The summed E-state index contributed by atoms with van der Waals surface area (Å²) in [7, 11) is 0. The van der Waals surface area contributed by atoms with Crippen LogP contribution in [0.15, 0.2) is 0 Å². The zero-order valence-electron chi connectivity index (χ0n) is 10.8. The first kappa shape index (κ1) is 14.2. The number of hydrogen-bond acceptors (Lipinski definition) is 6. The zero-order chi connectivity index (χ0) is 13.9. The molecule has 6 N–H and O–H groups in total. The topological polar surface area (TPSA) is 127 Å². The summed E-state index contributed by atoms with van der Waals surface area (Å²) in [6, 6.07) is 0. The summed E-state index contributed by atoms with van der Waals surface area (Å²) < 4.78 is 0. The number of aromatic nitrogens is 2. The third kappa shape index (κ3) is 3.30. The molecule has 1 aromatic rings. The van der Waals surface area contributed by atoms with Crippen LogP contribution in [0.4, 0.5) is 11.6 Å². The summed E-state index contributed by atoms with van der Waals surface area (Å²) in [4.78, 5) is 19.2. The van der Waals surface area contributed by atoms with E-state index in [0.717, 1.165) is 0 Å². The number of nitrogens with one attached hydrogen (secondary N) is 1. The van der Waals surface area contributed by atoms with Gasteiger partial charge in [0, 0.05) is 11.5 Å². The summed E-state index contributed by atoms with van der Waals surface area (Å²) in [5, 5.41) is 12.2. The van der Waals surface area contributed by atoms with Crippen LogP contribution in [0, 0.1) is 6.92 Å². The van der Waals surface area contributed by atoms with Crippen LogP contribution >= 0.6 is 0 Å². The van der Waals surface area contributed by atoms with Gasteiger partial charge in [-0.05, 0) is 6.92 Å². The van der Waals surface area contributed by atoms with Crippen molar-refractivity contribution in [2.45, 2.75) is 32.8 Å². The number of carbonyl (C=O) groups is 1. The molecule has 0 aliphatic carbocycles. The molecule has 7 nitrogen and oxygen atoms in total. The molecule has 18 heavy (non-hydrogen) atoms. The number of primary amides is 1. The maximum atomic E-state index is 10.7. The largest absolute Gasteiger partial charge is 0.383 e. The van der Waals surface area contributed by atoms with Crippen molar-refractivity contribution < 1.29 is 9.90 Å². The second kappa shape index (κ2) is 5.63. The number of aliphatic hydroxyl groups is 1. The maximum Gasteiger partial charge on any atom is 0.248 e. The summed E-state index contributed by atoms with van der Waals surface area (Å²) in [5.41, 5.74) is 11.4. The molecular formula is C11H19N5O2. The van der Waals surface area contributed by atoms with Crippen LogP contribution in [0.25, 0.3) is 0 Å². The average molecular weight is 253 g/mol. The number of aliphatic hydroxyl groups excluding tert-OH is 1. The van der Waals surface area contributed by atoms with Crippen LogP contribution in [0.5, 0.6) is 0 Å². The Morgan fingerprint density at radius 2 is 2.06 bits per heavy atom. The second-order valence-electron chi connectivity index (χ2n) is 4.39. The highest BCUT2D eigenvalue weighted by molar-refractivity contribution is 5.79. The van der Waals surface area contributed by atoms with Crippen molar-refractivity contribution in [2.75, 3.05) is 17.6 Å². The van der Waals surface area contributed by atoms with Gasteiger partial charge in [-0.1, -0.05) is 13.8 Å². The van der Waals surface area contributed by atoms with Crippen LogP contribution in [0.3, 0.4) is 0 Å². The van der Waals surface area contributed by atoms with Crippen molar-refractivity contribution in [3.05, 3.63) is 11.4 Å². The van der Waals surface area contributed by atoms with Gasteiger partial charge in [-0.15, -0.1) is 0 Å². The van der Waals surface area contributed by atoms with Crippen LogP contribution in [0.2, 0.25) is 0 Å². The predicted octanol–water partition coefficient (Wildman–Crippen LogP) is -0.251. The molecule has 0 aliphatic heterocycles. The fourth-order valence-corrected chi connectivity index (χ4v) is 1.28. The summed E-state index contributed by atoms with van der Waals surface area (Å²) in [6.45, 7) is 5.65. The van der Waals surface area contributed by atoms with Crippen molar-refractivity contribution in [1.29, 1.82) is 0 Å². The molecular weight excluding hydrogens is 234 g/mol. The lowest BCUT2D eigenvalue weighted by Gasteiger charge is -2.14. The van der Waals surface area contributed by atoms with Gasteiger partial charge >= 0.3 is 0 Å². The predicted molar refractivity (Wildman–Crippen MR) is 69.0 cm³/mol. The average Bonchev–Trinajstić information content (AvgIpc) is 2.29. The van der Waals surface area contributed by atoms with Crippen LogP contribution in [-0.2, 0) is 4.79 Å². The number of carbonyl (C=O) groups excluding carboxylic acids is 1. The number of amides is 1. The highest BCUT2D eigenvalue weighted by Crippen LogP contribution is 2.20. The highest BCUT2D eigenvalue weighted by Gasteiger charge is 2.14. The Bertz CT molecular complexity index is 447. The molecule has 1 aromatic heterocycles. The van der Waals surface area contributed by atoms with Crippen molar-refractivity contribution in [2.24, 2.45) is 5.73 Å². The molecule has 0 fully saturated rings. The fraction of sp³-hybridized carbons (Fsp3) is 0.545. The Morgan fingerprint density at radius 3 is 2.56 bits per heavy atom. The van der Waals surface area contributed by atoms with E-state index in [4.69, 9.17) is 11.5 Å². The third-order valence-electron chi connectivity index (χ3n) is 2.51. The maximum absolute atomic E-state index is 10.7. The minimum Gasteiger partial charge on any atom is -0.383 e. The minimum atomic E-state index is -1.26. The van der Waals surface area contributed by atoms with E-state index in [1.807, 2.05) is 13.8 Å². The first-order valence-electron chi connectivity index (χ1n) is 5.68. The normalized spacial score (nSPS) is 12.5. The monoisotopic (exact) mass is 253 g/mol. The van der Waals surface area contributed by atoms with Crippen molar-refractivity contribution in [3.63, 3.8) is 0 Å². The number of hydrogen-bond donors (Lipinski definition) is 4. The van der Waals surface area contributed by atoms with Gasteiger partial charge in [-0.25, -0.2) is 9.97 Å². The van der Waals surface area contributed by atoms with Gasteiger partial charge in [0.1, 0.15) is 23.6 Å². The number of anilines is 2. The molecule has 0 aromatic carbocycles. The first-order chi connectivity index (χ1) is 8.32. The SMILES string of the molecule is Cc1c(N)nc(C(C)C)nc1NCC(O)C(N)=O. The van der Waals surface area contributed by atoms with Gasteiger partial charge in [0.2, 0.25) is 5.91 Å². The van der Waals surface area contributed by atoms with E-state index in [0.29, 0.717) is 23.0 Å². The number of nitrogen functional groups attached to an aromatic ring is 1. The molecule has 0 radical (unpaired) electrons. The molecule has 1 atom stereocenters. The molecule has 0 saturated heterocycles. The van der Waals surface area contributed by atoms with E-state index in [9.17, 15) is 9.90 Å². The lowest BCUT2D eigenvalue weighted by Crippen LogP contribution is -2.34. The number of nitrogens with zero attached hydrogens (tertiary/aromatic N) is 2. The first-order valence-corrected chi connectivity index (χ1v) is 5.68. The molecule has 1 rings (SSSR count). The molecule has 1 amide bonds. The van der Waals surface area contributed by atoms with Crippen LogP contribution < -0.4 is 16.8 Å². The standard InChI is InChI=1S/C11H19N5O2/c1-5(2)10-15-8(12)6(3)11(16-10)14-4-7(17)9(13)18/h5,7,17H,4H2,1-3H3,(H2,13,18)(H3,12,14,15,16).